The number of hydrogen-bond donors (Lipinski definition) is 1. The molecule has 0 atom stereocenters. The van der Waals surface area contributed by atoms with Crippen molar-refractivity contribution in [1.29, 1.82) is 5.26 Å². The number of benzene rings is 3. The summed E-state index contributed by atoms with van der Waals surface area (Å²) in [5.41, 5.74) is 3.78. The van der Waals surface area contributed by atoms with Crippen molar-refractivity contribution >= 4 is 12.0 Å². The van der Waals surface area contributed by atoms with Gasteiger partial charge in [0, 0.05) is 5.56 Å². The van der Waals surface area contributed by atoms with Crippen molar-refractivity contribution in [2.75, 3.05) is 0 Å². The van der Waals surface area contributed by atoms with Gasteiger partial charge in [0.1, 0.15) is 12.4 Å². The van der Waals surface area contributed by atoms with Crippen molar-refractivity contribution in [1.82, 2.24) is 0 Å². The van der Waals surface area contributed by atoms with E-state index in [-0.39, 0.29) is 5.56 Å². The fraction of sp³-hybridized carbons (Fsp3) is 0.0833. The van der Waals surface area contributed by atoms with Crippen LogP contribution in [0.15, 0.2) is 78.9 Å². The van der Waals surface area contributed by atoms with E-state index in [2.05, 4.69) is 6.07 Å². The van der Waals surface area contributed by atoms with Crippen molar-refractivity contribution in [2.45, 2.75) is 13.0 Å². The molecule has 4 heteroatoms. The number of hydrogen-bond acceptors (Lipinski definition) is 3. The van der Waals surface area contributed by atoms with Gasteiger partial charge in [-0.25, -0.2) is 4.79 Å². The van der Waals surface area contributed by atoms with E-state index < -0.39 is 5.97 Å². The molecule has 1 N–H and O–H groups in total. The lowest BCUT2D eigenvalue weighted by molar-refractivity contribution is 0.0697. The molecule has 138 valence electrons. The van der Waals surface area contributed by atoms with Gasteiger partial charge in [-0.2, -0.15) is 5.26 Å². The van der Waals surface area contributed by atoms with Gasteiger partial charge in [0.25, 0.3) is 0 Å². The van der Waals surface area contributed by atoms with Crippen LogP contribution in [-0.4, -0.2) is 11.1 Å². The molecule has 0 spiro atoms. The Morgan fingerprint density at radius 3 is 2.43 bits per heavy atom. The maximum absolute atomic E-state index is 10.9. The first kappa shape index (κ1) is 18.9. The number of carboxylic acid groups (broad SMARTS) is 1. The predicted molar refractivity (Wildman–Crippen MR) is 108 cm³/mol. The van der Waals surface area contributed by atoms with E-state index in [0.717, 1.165) is 16.7 Å². The Morgan fingerprint density at radius 2 is 1.75 bits per heavy atom. The van der Waals surface area contributed by atoms with Crippen LogP contribution in [0.3, 0.4) is 0 Å². The Hall–Kier alpha value is -3.84. The molecule has 3 rings (SSSR count). The van der Waals surface area contributed by atoms with Crippen LogP contribution in [0.25, 0.3) is 6.08 Å². The fourth-order valence-corrected chi connectivity index (χ4v) is 2.71. The molecule has 28 heavy (non-hydrogen) atoms. The molecule has 0 aliphatic carbocycles. The van der Waals surface area contributed by atoms with Gasteiger partial charge in [0.05, 0.1) is 17.2 Å². The standard InChI is InChI=1S/C24H19NO3/c25-16-20-11-12-21(23(15-20)28-17-19-5-2-1-3-6-19)8-4-7-18-9-13-22(14-10-18)24(26)27/h1-6,8-15H,7,17H2,(H,26,27)/b8-4+. The number of carboxylic acids is 1. The van der Waals surface area contributed by atoms with E-state index in [0.29, 0.717) is 24.3 Å². The third-order valence-electron chi connectivity index (χ3n) is 4.23. The van der Waals surface area contributed by atoms with Gasteiger partial charge in [-0.3, -0.25) is 0 Å². The Morgan fingerprint density at radius 1 is 1.00 bits per heavy atom. The van der Waals surface area contributed by atoms with Crippen molar-refractivity contribution < 1.29 is 14.6 Å². The average molecular weight is 369 g/mol. The van der Waals surface area contributed by atoms with E-state index in [9.17, 15) is 4.79 Å². The van der Waals surface area contributed by atoms with Crippen LogP contribution in [-0.2, 0) is 13.0 Å². The number of ether oxygens (including phenoxy) is 1. The lowest BCUT2D eigenvalue weighted by Crippen LogP contribution is -1.97. The summed E-state index contributed by atoms with van der Waals surface area (Å²) < 4.78 is 5.94. The van der Waals surface area contributed by atoms with E-state index in [1.807, 2.05) is 48.6 Å². The van der Waals surface area contributed by atoms with Gasteiger partial charge in [0.2, 0.25) is 0 Å². The van der Waals surface area contributed by atoms with Crippen LogP contribution in [0.4, 0.5) is 0 Å². The molecular formula is C24H19NO3. The number of nitriles is 1. The van der Waals surface area contributed by atoms with Gasteiger partial charge in [-0.05, 0) is 47.9 Å². The summed E-state index contributed by atoms with van der Waals surface area (Å²) >= 11 is 0. The minimum Gasteiger partial charge on any atom is -0.488 e. The summed E-state index contributed by atoms with van der Waals surface area (Å²) in [4.78, 5) is 10.9. The van der Waals surface area contributed by atoms with Gasteiger partial charge >= 0.3 is 5.97 Å². The quantitative estimate of drug-likeness (QED) is 0.630. The van der Waals surface area contributed by atoms with Crippen LogP contribution in [0.1, 0.15) is 32.6 Å². The maximum atomic E-state index is 10.9. The first-order valence-corrected chi connectivity index (χ1v) is 8.85. The molecule has 0 unspecified atom stereocenters. The molecule has 0 saturated carbocycles. The maximum Gasteiger partial charge on any atom is 0.335 e. The Labute approximate surface area is 164 Å². The highest BCUT2D eigenvalue weighted by atomic mass is 16.5. The summed E-state index contributed by atoms with van der Waals surface area (Å²) in [6.45, 7) is 0.424. The summed E-state index contributed by atoms with van der Waals surface area (Å²) in [5, 5.41) is 18.1. The highest BCUT2D eigenvalue weighted by Gasteiger charge is 2.05. The molecule has 0 bridgehead atoms. The van der Waals surface area contributed by atoms with Crippen LogP contribution < -0.4 is 4.74 Å². The van der Waals surface area contributed by atoms with Crippen LogP contribution in [0, 0.1) is 11.3 Å². The summed E-state index contributed by atoms with van der Waals surface area (Å²) in [6.07, 6.45) is 4.61. The number of rotatable bonds is 7. The molecule has 4 nitrogen and oxygen atoms in total. The van der Waals surface area contributed by atoms with Crippen LogP contribution in [0.2, 0.25) is 0 Å². The number of nitrogens with zero attached hydrogens (tertiary/aromatic N) is 1. The van der Waals surface area contributed by atoms with E-state index in [1.165, 1.54) is 0 Å². The van der Waals surface area contributed by atoms with Gasteiger partial charge in [-0.15, -0.1) is 0 Å². The van der Waals surface area contributed by atoms with Gasteiger partial charge in [0.15, 0.2) is 0 Å². The molecule has 0 aliphatic heterocycles. The normalized spacial score (nSPS) is 10.5. The van der Waals surface area contributed by atoms with Crippen molar-refractivity contribution in [3.8, 4) is 11.8 Å². The Balaban J connectivity index is 1.72. The molecule has 0 heterocycles. The first-order chi connectivity index (χ1) is 13.7. The smallest absolute Gasteiger partial charge is 0.335 e. The fourth-order valence-electron chi connectivity index (χ4n) is 2.71. The predicted octanol–water partition coefficient (Wildman–Crippen LogP) is 5.09. The molecule has 0 aromatic heterocycles. The lowest BCUT2D eigenvalue weighted by atomic mass is 10.1. The Kier molecular flexibility index (Phi) is 6.22. The molecule has 3 aromatic carbocycles. The van der Waals surface area contributed by atoms with Crippen molar-refractivity contribution in [3.63, 3.8) is 0 Å². The second-order valence-corrected chi connectivity index (χ2v) is 6.25. The number of allylic oxidation sites excluding steroid dienone is 1. The van der Waals surface area contributed by atoms with Gasteiger partial charge < -0.3 is 9.84 Å². The van der Waals surface area contributed by atoms with E-state index in [1.54, 1.807) is 36.4 Å². The number of aromatic carboxylic acids is 1. The minimum absolute atomic E-state index is 0.274. The zero-order valence-corrected chi connectivity index (χ0v) is 15.2. The lowest BCUT2D eigenvalue weighted by Gasteiger charge is -2.10. The first-order valence-electron chi connectivity index (χ1n) is 8.85. The highest BCUT2D eigenvalue weighted by molar-refractivity contribution is 5.87. The van der Waals surface area contributed by atoms with Crippen molar-refractivity contribution in [2.24, 2.45) is 0 Å². The third kappa shape index (κ3) is 5.09. The average Bonchev–Trinajstić information content (AvgIpc) is 2.74. The molecule has 0 fully saturated rings. The molecule has 0 radical (unpaired) electrons. The topological polar surface area (TPSA) is 70.3 Å². The molecular weight excluding hydrogens is 350 g/mol. The molecule has 3 aromatic rings. The van der Waals surface area contributed by atoms with E-state index >= 15 is 0 Å². The summed E-state index contributed by atoms with van der Waals surface area (Å²) in [7, 11) is 0. The SMILES string of the molecule is N#Cc1ccc(/C=C/Cc2ccc(C(=O)O)cc2)c(OCc2ccccc2)c1. The van der Waals surface area contributed by atoms with Crippen molar-refractivity contribution in [3.05, 3.63) is 107 Å². The highest BCUT2D eigenvalue weighted by Crippen LogP contribution is 2.23. The molecule has 0 saturated heterocycles. The molecule has 0 aliphatic rings. The largest absolute Gasteiger partial charge is 0.488 e. The second-order valence-electron chi connectivity index (χ2n) is 6.25. The van der Waals surface area contributed by atoms with Crippen LogP contribution >= 0.6 is 0 Å². The monoisotopic (exact) mass is 369 g/mol. The molecule has 0 amide bonds. The van der Waals surface area contributed by atoms with Crippen LogP contribution in [0.5, 0.6) is 5.75 Å². The zero-order chi connectivity index (χ0) is 19.8. The second kappa shape index (κ2) is 9.20. The Bertz CT molecular complexity index is 1020. The summed E-state index contributed by atoms with van der Waals surface area (Å²) in [6, 6.07) is 24.2. The van der Waals surface area contributed by atoms with Gasteiger partial charge in [-0.1, -0.05) is 54.6 Å². The van der Waals surface area contributed by atoms with E-state index in [4.69, 9.17) is 15.1 Å². The summed E-state index contributed by atoms with van der Waals surface area (Å²) in [5.74, 6) is -0.278. The minimum atomic E-state index is -0.931. The zero-order valence-electron chi connectivity index (χ0n) is 15.2. The third-order valence-corrected chi connectivity index (χ3v) is 4.23. The number of carbonyl (C=O) groups is 1.